The lowest BCUT2D eigenvalue weighted by Gasteiger charge is -2.66. The van der Waals surface area contributed by atoms with Gasteiger partial charge in [-0.2, -0.15) is 0 Å². The van der Waals surface area contributed by atoms with Crippen molar-refractivity contribution < 1.29 is 9.47 Å². The second-order valence-electron chi connectivity index (χ2n) is 15.4. The highest BCUT2D eigenvalue weighted by Gasteiger charge is 2.64. The highest BCUT2D eigenvalue weighted by atomic mass is 31.1. The van der Waals surface area contributed by atoms with E-state index >= 15 is 0 Å². The number of ether oxygens (including phenoxy) is 2. The predicted molar refractivity (Wildman–Crippen MR) is 166 cm³/mol. The van der Waals surface area contributed by atoms with E-state index in [9.17, 15) is 0 Å². The Hall–Kier alpha value is -0.950. The van der Waals surface area contributed by atoms with Gasteiger partial charge < -0.3 is 9.47 Å². The van der Waals surface area contributed by atoms with Crippen molar-refractivity contribution in [1.29, 1.82) is 0 Å². The molecule has 4 rings (SSSR count). The zero-order valence-electron chi connectivity index (χ0n) is 26.4. The van der Waals surface area contributed by atoms with Crippen molar-refractivity contribution in [1.82, 2.24) is 0 Å². The predicted octanol–water partition coefficient (Wildman–Crippen LogP) is 10.0. The maximum Gasteiger partial charge on any atom is 0.170 e. The summed E-state index contributed by atoms with van der Waals surface area (Å²) in [4.78, 5) is 0. The molecule has 0 aromatic heterocycles. The fourth-order valence-corrected chi connectivity index (χ4v) is 14.0. The van der Waals surface area contributed by atoms with E-state index in [1.165, 1.54) is 16.7 Å². The van der Waals surface area contributed by atoms with Crippen molar-refractivity contribution in [3.63, 3.8) is 0 Å². The minimum Gasteiger partial charge on any atom is -0.349 e. The van der Waals surface area contributed by atoms with E-state index in [1.54, 1.807) is 0 Å². The number of allylic oxidation sites excluding steroid dienone is 4. The summed E-state index contributed by atoms with van der Waals surface area (Å²) < 4.78 is 13.4. The Morgan fingerprint density at radius 3 is 1.84 bits per heavy atom. The molecule has 1 aromatic rings. The molecule has 1 aliphatic carbocycles. The third-order valence-electron chi connectivity index (χ3n) is 9.38. The average molecular weight is 539 g/mol. The van der Waals surface area contributed by atoms with Gasteiger partial charge in [-0.15, -0.1) is 0 Å². The van der Waals surface area contributed by atoms with E-state index in [-0.39, 0.29) is 20.9 Å². The summed E-state index contributed by atoms with van der Waals surface area (Å²) in [5.41, 5.74) is 4.59. The van der Waals surface area contributed by atoms with Crippen molar-refractivity contribution in [3.05, 3.63) is 59.2 Å². The van der Waals surface area contributed by atoms with Gasteiger partial charge in [-0.05, 0) is 44.8 Å². The highest BCUT2D eigenvalue weighted by Crippen LogP contribution is 2.79. The molecule has 212 valence electrons. The zero-order valence-corrected chi connectivity index (χ0v) is 27.3. The molecule has 38 heavy (non-hydrogen) atoms. The first-order valence-electron chi connectivity index (χ1n) is 15.0. The molecule has 2 heterocycles. The Kier molecular flexibility index (Phi) is 8.02. The minimum absolute atomic E-state index is 0.0389. The summed E-state index contributed by atoms with van der Waals surface area (Å²) >= 11 is 0. The van der Waals surface area contributed by atoms with Crippen LogP contribution in [0.5, 0.6) is 0 Å². The normalized spacial score (nSPS) is 30.3. The topological polar surface area (TPSA) is 18.5 Å². The van der Waals surface area contributed by atoms with Crippen LogP contribution in [0.15, 0.2) is 48.1 Å². The molecule has 0 amide bonds. The maximum atomic E-state index is 6.70. The van der Waals surface area contributed by atoms with Crippen molar-refractivity contribution in [3.8, 4) is 0 Å². The SMILES string of the molecule is CC(C)C1=CC(C(C)C)(P2C(C)(C)CC3(CC2(C)C)OCC(C)(C)CO3)C(c2ccccc2C(C)C)C=C1. The Morgan fingerprint density at radius 1 is 0.789 bits per heavy atom. The van der Waals surface area contributed by atoms with E-state index in [0.717, 1.165) is 26.1 Å². The number of rotatable bonds is 5. The van der Waals surface area contributed by atoms with Crippen LogP contribution in [0.2, 0.25) is 0 Å². The standard InChI is InChI=1S/C35H55O2P/c1-24(2)27-17-18-30(29-16-14-13-15-28(29)25(3)4)35(19-27,26(5)6)38-32(9,10)20-34(21-33(38,11)12)36-22-31(7,8)23-37-34/h13-19,24-26,30H,20-23H2,1-12H3. The first kappa shape index (κ1) is 30.0. The van der Waals surface area contributed by atoms with Crippen LogP contribution in [-0.4, -0.2) is 34.5 Å². The molecule has 0 radical (unpaired) electrons. The first-order valence-corrected chi connectivity index (χ1v) is 16.4. The van der Waals surface area contributed by atoms with Crippen LogP contribution in [0, 0.1) is 17.3 Å². The van der Waals surface area contributed by atoms with Crippen LogP contribution in [0.3, 0.4) is 0 Å². The van der Waals surface area contributed by atoms with Crippen molar-refractivity contribution in [2.24, 2.45) is 17.3 Å². The average Bonchev–Trinajstić information content (AvgIpc) is 2.79. The van der Waals surface area contributed by atoms with E-state index < -0.39 is 13.7 Å². The van der Waals surface area contributed by atoms with Crippen LogP contribution < -0.4 is 0 Å². The lowest BCUT2D eigenvalue weighted by molar-refractivity contribution is -0.310. The van der Waals surface area contributed by atoms with Crippen molar-refractivity contribution in [2.75, 3.05) is 13.2 Å². The summed E-state index contributed by atoms with van der Waals surface area (Å²) in [5.74, 6) is 1.39. The molecule has 2 atom stereocenters. The molecule has 2 fully saturated rings. The highest BCUT2D eigenvalue weighted by molar-refractivity contribution is 7.63. The van der Waals surface area contributed by atoms with E-state index in [0.29, 0.717) is 23.7 Å². The van der Waals surface area contributed by atoms with Gasteiger partial charge in [0.15, 0.2) is 5.79 Å². The van der Waals surface area contributed by atoms with E-state index in [4.69, 9.17) is 9.47 Å². The van der Waals surface area contributed by atoms with E-state index in [1.807, 2.05) is 0 Å². The molecule has 1 spiro atoms. The van der Waals surface area contributed by atoms with Gasteiger partial charge in [0.1, 0.15) is 0 Å². The van der Waals surface area contributed by atoms with Crippen LogP contribution in [0.1, 0.15) is 119 Å². The fraction of sp³-hybridized carbons (Fsp3) is 0.714. The summed E-state index contributed by atoms with van der Waals surface area (Å²) in [6.45, 7) is 30.6. The Balaban J connectivity index is 1.91. The van der Waals surface area contributed by atoms with Gasteiger partial charge in [-0.25, -0.2) is 0 Å². The quantitative estimate of drug-likeness (QED) is 0.347. The van der Waals surface area contributed by atoms with Crippen LogP contribution >= 0.6 is 7.92 Å². The Bertz CT molecular complexity index is 1040. The lowest BCUT2D eigenvalue weighted by Crippen LogP contribution is -2.61. The second-order valence-corrected chi connectivity index (χ2v) is 19.3. The molecule has 3 aliphatic rings. The number of benzene rings is 1. The summed E-state index contributed by atoms with van der Waals surface area (Å²) in [7, 11) is -0.508. The molecule has 2 aliphatic heterocycles. The van der Waals surface area contributed by atoms with Gasteiger partial charge in [0.25, 0.3) is 0 Å². The molecule has 2 unspecified atom stereocenters. The smallest absolute Gasteiger partial charge is 0.170 e. The van der Waals surface area contributed by atoms with Gasteiger partial charge in [0.05, 0.1) is 13.2 Å². The van der Waals surface area contributed by atoms with Crippen molar-refractivity contribution in [2.45, 2.75) is 129 Å². The molecular weight excluding hydrogens is 483 g/mol. The van der Waals surface area contributed by atoms with Crippen LogP contribution in [0.25, 0.3) is 0 Å². The molecule has 3 heteroatoms. The van der Waals surface area contributed by atoms with Gasteiger partial charge >= 0.3 is 0 Å². The first-order chi connectivity index (χ1) is 17.5. The third kappa shape index (κ3) is 5.24. The molecule has 2 nitrogen and oxygen atoms in total. The lowest BCUT2D eigenvalue weighted by atomic mass is 9.71. The minimum atomic E-state index is -0.508. The Morgan fingerprint density at radius 2 is 1.34 bits per heavy atom. The monoisotopic (exact) mass is 538 g/mol. The molecule has 1 aromatic carbocycles. The molecule has 0 bridgehead atoms. The molecule has 0 saturated carbocycles. The van der Waals surface area contributed by atoms with E-state index in [2.05, 4.69) is 126 Å². The van der Waals surface area contributed by atoms with Crippen molar-refractivity contribution >= 4 is 7.92 Å². The summed E-state index contributed by atoms with van der Waals surface area (Å²) in [6, 6.07) is 9.27. The fourth-order valence-electron chi connectivity index (χ4n) is 8.13. The van der Waals surface area contributed by atoms with Crippen LogP contribution in [0.4, 0.5) is 0 Å². The third-order valence-corrected chi connectivity index (χ3v) is 13.8. The second kappa shape index (κ2) is 10.2. The maximum absolute atomic E-state index is 6.70. The number of hydrogen-bond donors (Lipinski definition) is 0. The Labute approximate surface area is 235 Å². The van der Waals surface area contributed by atoms with Gasteiger partial charge in [0, 0.05) is 29.3 Å². The molecule has 0 N–H and O–H groups in total. The largest absolute Gasteiger partial charge is 0.349 e. The van der Waals surface area contributed by atoms with Gasteiger partial charge in [-0.1, -0.05) is 133 Å². The molecular formula is C35H55O2P. The summed E-state index contributed by atoms with van der Waals surface area (Å²) in [6.07, 6.45) is 9.73. The molecule has 2 saturated heterocycles. The van der Waals surface area contributed by atoms with Gasteiger partial charge in [0.2, 0.25) is 0 Å². The number of hydrogen-bond acceptors (Lipinski definition) is 2. The van der Waals surface area contributed by atoms with Gasteiger partial charge in [-0.3, -0.25) is 0 Å². The zero-order chi connectivity index (χ0) is 28.3. The van der Waals surface area contributed by atoms with Crippen LogP contribution in [-0.2, 0) is 9.47 Å². The summed E-state index contributed by atoms with van der Waals surface area (Å²) in [5, 5.41) is 0.201.